The summed E-state index contributed by atoms with van der Waals surface area (Å²) in [6.45, 7) is 2.12. The number of piperidine rings is 1. The SMILES string of the molecule is COc1cc2ncnc(N3CCC(CNS(=N)(N)=O)CC3)c2cc1OC. The van der Waals surface area contributed by atoms with Gasteiger partial charge in [-0.3, -0.25) is 0 Å². The van der Waals surface area contributed by atoms with E-state index in [2.05, 4.69) is 19.6 Å². The van der Waals surface area contributed by atoms with Crippen molar-refractivity contribution >= 4 is 26.8 Å². The zero-order valence-corrected chi connectivity index (χ0v) is 15.7. The van der Waals surface area contributed by atoms with E-state index in [1.165, 1.54) is 0 Å². The van der Waals surface area contributed by atoms with Gasteiger partial charge in [-0.15, -0.1) is 0 Å². The van der Waals surface area contributed by atoms with Gasteiger partial charge in [0.2, 0.25) is 0 Å². The van der Waals surface area contributed by atoms with Crippen LogP contribution in [0.1, 0.15) is 12.8 Å². The summed E-state index contributed by atoms with van der Waals surface area (Å²) >= 11 is 0. The number of benzene rings is 1. The predicted octanol–water partition coefficient (Wildman–Crippen LogP) is 1.29. The van der Waals surface area contributed by atoms with Crippen LogP contribution in [0.25, 0.3) is 10.9 Å². The van der Waals surface area contributed by atoms with Crippen molar-refractivity contribution < 1.29 is 13.7 Å². The van der Waals surface area contributed by atoms with Gasteiger partial charge in [0.1, 0.15) is 12.1 Å². The molecule has 2 heterocycles. The first-order valence-corrected chi connectivity index (χ1v) is 9.96. The molecular formula is C16H24N6O3S. The van der Waals surface area contributed by atoms with Gasteiger partial charge in [-0.05, 0) is 24.8 Å². The summed E-state index contributed by atoms with van der Waals surface area (Å²) in [6, 6.07) is 3.75. The molecule has 10 heteroatoms. The monoisotopic (exact) mass is 380 g/mol. The van der Waals surface area contributed by atoms with Crippen LogP contribution in [-0.2, 0) is 10.1 Å². The van der Waals surface area contributed by atoms with Crippen LogP contribution < -0.4 is 24.2 Å². The van der Waals surface area contributed by atoms with Gasteiger partial charge in [-0.25, -0.2) is 28.8 Å². The minimum Gasteiger partial charge on any atom is -0.493 e. The highest BCUT2D eigenvalue weighted by Crippen LogP contribution is 2.35. The summed E-state index contributed by atoms with van der Waals surface area (Å²) < 4.78 is 31.8. The van der Waals surface area contributed by atoms with Crippen LogP contribution >= 0.6 is 0 Å². The first-order chi connectivity index (χ1) is 12.4. The highest BCUT2D eigenvalue weighted by molar-refractivity contribution is 7.88. The van der Waals surface area contributed by atoms with E-state index in [1.54, 1.807) is 20.5 Å². The molecule has 1 aliphatic rings. The number of fused-ring (bicyclic) bond motifs is 1. The van der Waals surface area contributed by atoms with E-state index in [4.69, 9.17) is 19.4 Å². The molecule has 1 atom stereocenters. The zero-order chi connectivity index (χ0) is 18.7. The third-order valence-electron chi connectivity index (χ3n) is 4.62. The van der Waals surface area contributed by atoms with Crippen LogP contribution in [0.2, 0.25) is 0 Å². The molecule has 142 valence electrons. The minimum atomic E-state index is -3.14. The van der Waals surface area contributed by atoms with E-state index in [0.717, 1.165) is 42.7 Å². The Morgan fingerprint density at radius 2 is 1.92 bits per heavy atom. The van der Waals surface area contributed by atoms with Crippen LogP contribution in [-0.4, -0.2) is 48.0 Å². The largest absolute Gasteiger partial charge is 0.493 e. The molecule has 0 aliphatic carbocycles. The fourth-order valence-electron chi connectivity index (χ4n) is 3.21. The van der Waals surface area contributed by atoms with E-state index >= 15 is 0 Å². The van der Waals surface area contributed by atoms with Gasteiger partial charge in [0.25, 0.3) is 0 Å². The molecule has 26 heavy (non-hydrogen) atoms. The first kappa shape index (κ1) is 18.6. The third-order valence-corrected chi connectivity index (χ3v) is 5.22. The molecule has 0 amide bonds. The van der Waals surface area contributed by atoms with Gasteiger partial charge in [0, 0.05) is 31.1 Å². The average Bonchev–Trinajstić information content (AvgIpc) is 2.64. The van der Waals surface area contributed by atoms with Crippen LogP contribution in [0.4, 0.5) is 5.82 Å². The molecule has 1 saturated heterocycles. The summed E-state index contributed by atoms with van der Waals surface area (Å²) in [5.41, 5.74) is 0.800. The van der Waals surface area contributed by atoms with Crippen molar-refractivity contribution in [2.75, 3.05) is 38.8 Å². The van der Waals surface area contributed by atoms with Crippen molar-refractivity contribution in [1.82, 2.24) is 14.7 Å². The van der Waals surface area contributed by atoms with E-state index in [9.17, 15) is 4.21 Å². The van der Waals surface area contributed by atoms with Crippen molar-refractivity contribution in [3.8, 4) is 11.5 Å². The van der Waals surface area contributed by atoms with Crippen LogP contribution in [0.3, 0.4) is 0 Å². The summed E-state index contributed by atoms with van der Waals surface area (Å²) in [6.07, 6.45) is 3.36. The maximum absolute atomic E-state index is 11.3. The molecule has 0 saturated carbocycles. The number of aromatic nitrogens is 2. The lowest BCUT2D eigenvalue weighted by molar-refractivity contribution is 0.355. The Kier molecular flexibility index (Phi) is 5.44. The second-order valence-corrected chi connectivity index (χ2v) is 7.79. The molecule has 1 aromatic carbocycles. The van der Waals surface area contributed by atoms with Gasteiger partial charge >= 0.3 is 0 Å². The second-order valence-electron chi connectivity index (χ2n) is 6.30. The number of methoxy groups -OCH3 is 2. The van der Waals surface area contributed by atoms with E-state index < -0.39 is 10.1 Å². The number of ether oxygens (including phenoxy) is 2. The lowest BCUT2D eigenvalue weighted by Crippen LogP contribution is -2.40. The topological polar surface area (TPSA) is 126 Å². The Hall–Kier alpha value is -2.17. The number of rotatable bonds is 6. The van der Waals surface area contributed by atoms with Gasteiger partial charge in [-0.2, -0.15) is 0 Å². The van der Waals surface area contributed by atoms with Crippen molar-refractivity contribution in [2.45, 2.75) is 12.8 Å². The molecule has 9 nitrogen and oxygen atoms in total. The average molecular weight is 380 g/mol. The summed E-state index contributed by atoms with van der Waals surface area (Å²) in [5, 5.41) is 6.13. The molecule has 2 aromatic rings. The molecule has 1 fully saturated rings. The fourth-order valence-corrected chi connectivity index (χ4v) is 3.70. The normalized spacial score (nSPS) is 17.9. The number of nitrogens with two attached hydrogens (primary N) is 1. The highest BCUT2D eigenvalue weighted by Gasteiger charge is 2.23. The van der Waals surface area contributed by atoms with Crippen molar-refractivity contribution in [1.29, 1.82) is 4.78 Å². The number of nitrogens with zero attached hydrogens (tertiary/aromatic N) is 3. The molecule has 3 rings (SSSR count). The number of anilines is 1. The van der Waals surface area contributed by atoms with Crippen molar-refractivity contribution in [3.63, 3.8) is 0 Å². The van der Waals surface area contributed by atoms with E-state index in [-0.39, 0.29) is 0 Å². The Balaban J connectivity index is 1.79. The molecule has 1 aliphatic heterocycles. The standard InChI is InChI=1S/C16H24N6O3S/c1-24-14-7-12-13(8-15(14)25-2)19-10-20-16(12)22-5-3-11(4-6-22)9-21-26(17,18)23/h7-8,10-11H,3-6,9H2,1-2H3,(H4,17,18,21,23). The van der Waals surface area contributed by atoms with Crippen molar-refractivity contribution in [3.05, 3.63) is 18.5 Å². The zero-order valence-electron chi connectivity index (χ0n) is 14.9. The van der Waals surface area contributed by atoms with Crippen molar-refractivity contribution in [2.24, 2.45) is 11.1 Å². The van der Waals surface area contributed by atoms with Crippen LogP contribution in [0.5, 0.6) is 11.5 Å². The van der Waals surface area contributed by atoms with Gasteiger partial charge < -0.3 is 14.4 Å². The van der Waals surface area contributed by atoms with E-state index in [1.807, 2.05) is 12.1 Å². The number of nitrogens with one attached hydrogen (secondary N) is 2. The summed E-state index contributed by atoms with van der Waals surface area (Å²) in [5.74, 6) is 2.48. The van der Waals surface area contributed by atoms with E-state index in [0.29, 0.717) is 24.0 Å². The van der Waals surface area contributed by atoms with Gasteiger partial charge in [0.15, 0.2) is 21.6 Å². The van der Waals surface area contributed by atoms with Crippen LogP contribution in [0, 0.1) is 10.7 Å². The Morgan fingerprint density at radius 3 is 2.54 bits per heavy atom. The molecule has 0 spiro atoms. The summed E-state index contributed by atoms with van der Waals surface area (Å²) in [4.78, 5) is 11.0. The number of hydrogen-bond donors (Lipinski definition) is 3. The second kappa shape index (κ2) is 7.60. The Bertz CT molecular complexity index is 881. The van der Waals surface area contributed by atoms with Gasteiger partial charge in [-0.1, -0.05) is 0 Å². The van der Waals surface area contributed by atoms with Gasteiger partial charge in [0.05, 0.1) is 19.7 Å². The quantitative estimate of drug-likeness (QED) is 0.693. The lowest BCUT2D eigenvalue weighted by atomic mass is 9.97. The maximum atomic E-state index is 11.3. The maximum Gasteiger partial charge on any atom is 0.167 e. The number of hydrogen-bond acceptors (Lipinski definition) is 7. The fraction of sp³-hybridized carbons (Fsp3) is 0.500. The highest BCUT2D eigenvalue weighted by atomic mass is 32.2. The molecule has 1 aromatic heterocycles. The molecule has 4 N–H and O–H groups in total. The Morgan fingerprint density at radius 1 is 1.27 bits per heavy atom. The van der Waals surface area contributed by atoms with Crippen LogP contribution in [0.15, 0.2) is 18.5 Å². The first-order valence-electron chi connectivity index (χ1n) is 8.34. The minimum absolute atomic E-state index is 0.337. The molecule has 0 bridgehead atoms. The smallest absolute Gasteiger partial charge is 0.167 e. The summed E-state index contributed by atoms with van der Waals surface area (Å²) in [7, 11) is 0.0606. The lowest BCUT2D eigenvalue weighted by Gasteiger charge is -2.33. The predicted molar refractivity (Wildman–Crippen MR) is 101 cm³/mol. The third kappa shape index (κ3) is 4.14. The molecule has 1 unspecified atom stereocenters. The molecular weight excluding hydrogens is 356 g/mol. The Labute approximate surface area is 153 Å². The molecule has 0 radical (unpaired) electrons.